The second-order valence-electron chi connectivity index (χ2n) is 13.7. The van der Waals surface area contributed by atoms with Gasteiger partial charge in [-0.1, -0.05) is 32.0 Å². The topological polar surface area (TPSA) is 82.5 Å². The van der Waals surface area contributed by atoms with E-state index in [1.807, 2.05) is 19.9 Å². The Hall–Kier alpha value is -3.24. The Labute approximate surface area is 255 Å². The van der Waals surface area contributed by atoms with E-state index < -0.39 is 23.5 Å². The first kappa shape index (κ1) is 29.5. The van der Waals surface area contributed by atoms with Gasteiger partial charge in [0, 0.05) is 30.8 Å². The molecule has 0 aromatic heterocycles. The minimum absolute atomic E-state index is 0.0510. The summed E-state index contributed by atoms with van der Waals surface area (Å²) in [5.74, 6) is 0.653. The molecule has 7 rings (SSSR count). The highest BCUT2D eigenvalue weighted by atomic mass is 19.4. The number of amides is 1. The summed E-state index contributed by atoms with van der Waals surface area (Å²) in [6.45, 7) is 6.29. The Morgan fingerprint density at radius 2 is 2.00 bits per heavy atom. The number of piperidine rings is 1. The summed E-state index contributed by atoms with van der Waals surface area (Å²) in [6, 6.07) is 8.72. The Balaban J connectivity index is 1.23. The molecular weight excluding hydrogens is 573 g/mol. The Morgan fingerprint density at radius 3 is 2.73 bits per heavy atom. The molecule has 1 saturated heterocycles. The largest absolute Gasteiger partial charge is 0.573 e. The predicted octanol–water partition coefficient (Wildman–Crippen LogP) is 5.42. The van der Waals surface area contributed by atoms with Crippen LogP contribution in [0.4, 0.5) is 13.2 Å². The fraction of sp³-hybridized carbons (Fsp3) is 0.559. The average Bonchev–Trinajstić information content (AvgIpc) is 3.70. The molecule has 0 radical (unpaired) electrons. The van der Waals surface area contributed by atoms with Gasteiger partial charge >= 0.3 is 6.36 Å². The summed E-state index contributed by atoms with van der Waals surface area (Å²) in [5, 5.41) is 23.7. The quantitative estimate of drug-likeness (QED) is 0.388. The highest BCUT2D eigenvalue weighted by Gasteiger charge is 2.73. The summed E-state index contributed by atoms with van der Waals surface area (Å²) in [6.07, 6.45) is 2.39. The van der Waals surface area contributed by atoms with Crippen molar-refractivity contribution in [2.75, 3.05) is 19.6 Å². The number of rotatable bonds is 8. The van der Waals surface area contributed by atoms with Crippen molar-refractivity contribution in [1.82, 2.24) is 9.80 Å². The summed E-state index contributed by atoms with van der Waals surface area (Å²) < 4.78 is 49.0. The molecule has 2 heterocycles. The third kappa shape index (κ3) is 4.76. The van der Waals surface area contributed by atoms with Crippen LogP contribution in [0.2, 0.25) is 0 Å². The fourth-order valence-corrected chi connectivity index (χ4v) is 8.64. The number of hydrogen-bond acceptors (Lipinski definition) is 6. The molecule has 2 saturated carbocycles. The van der Waals surface area contributed by atoms with E-state index in [4.69, 9.17) is 4.74 Å². The number of likely N-dealkylation sites (tertiary alicyclic amines) is 1. The molecule has 2 unspecified atom stereocenters. The number of ether oxygens (including phenoxy) is 2. The van der Waals surface area contributed by atoms with Gasteiger partial charge < -0.3 is 24.6 Å². The molecule has 236 valence electrons. The van der Waals surface area contributed by atoms with Crippen molar-refractivity contribution in [3.8, 4) is 17.2 Å². The van der Waals surface area contributed by atoms with E-state index in [0.29, 0.717) is 49.5 Å². The second-order valence-corrected chi connectivity index (χ2v) is 13.7. The zero-order valence-electron chi connectivity index (χ0n) is 25.0. The van der Waals surface area contributed by atoms with Crippen LogP contribution in [0.3, 0.4) is 0 Å². The molecule has 3 fully saturated rings. The maximum absolute atomic E-state index is 13.9. The standard InChI is InChI=1S/C34H39F3N2O5/c1-20(2)18-39(28(41)11-8-21-4-3-5-24(16-21)44-34(35,36)37)25-12-13-33(42)27-17-23-9-10-26(40)30-29(23)32(33,31(25)43-30)14-15-38(27)19-22-6-7-22/h3-5,8-11,16,20,22,25,27,31,40,42H,6-7,12-15,17-19H2,1-2H3/t25?,27-,31?,32+,33-/m1/s1. The molecule has 1 amide bonds. The van der Waals surface area contributed by atoms with Gasteiger partial charge in [-0.3, -0.25) is 9.69 Å². The summed E-state index contributed by atoms with van der Waals surface area (Å²) in [7, 11) is 0. The molecule has 44 heavy (non-hydrogen) atoms. The monoisotopic (exact) mass is 612 g/mol. The Bertz CT molecular complexity index is 1490. The predicted molar refractivity (Wildman–Crippen MR) is 157 cm³/mol. The normalized spacial score (nSPS) is 30.8. The third-order valence-electron chi connectivity index (χ3n) is 10.5. The van der Waals surface area contributed by atoms with Crippen molar-refractivity contribution in [1.29, 1.82) is 0 Å². The van der Waals surface area contributed by atoms with Crippen molar-refractivity contribution in [3.63, 3.8) is 0 Å². The molecular formula is C34H39F3N2O5. The van der Waals surface area contributed by atoms with Crippen LogP contribution in [-0.2, 0) is 16.6 Å². The number of aromatic hydroxyl groups is 1. The number of phenolic OH excluding ortho intramolecular Hbond substituents is 1. The first-order valence-electron chi connectivity index (χ1n) is 15.7. The van der Waals surface area contributed by atoms with Gasteiger partial charge in [0.25, 0.3) is 0 Å². The molecule has 5 atom stereocenters. The highest BCUT2D eigenvalue weighted by Crippen LogP contribution is 2.66. The lowest BCUT2D eigenvalue weighted by Crippen LogP contribution is -2.78. The van der Waals surface area contributed by atoms with E-state index in [-0.39, 0.29) is 35.4 Å². The first-order chi connectivity index (χ1) is 20.9. The number of hydrogen-bond donors (Lipinski definition) is 2. The number of benzene rings is 2. The molecule has 2 aliphatic heterocycles. The summed E-state index contributed by atoms with van der Waals surface area (Å²) in [5.41, 5.74) is 0.586. The number of carbonyl (C=O) groups is 1. The van der Waals surface area contributed by atoms with Crippen molar-refractivity contribution in [3.05, 3.63) is 59.2 Å². The molecule has 7 nitrogen and oxygen atoms in total. The molecule has 2 bridgehead atoms. The van der Waals surface area contributed by atoms with E-state index in [9.17, 15) is 28.2 Å². The van der Waals surface area contributed by atoms with Gasteiger partial charge in [0.2, 0.25) is 5.91 Å². The van der Waals surface area contributed by atoms with Crippen LogP contribution >= 0.6 is 0 Å². The van der Waals surface area contributed by atoms with E-state index in [0.717, 1.165) is 24.2 Å². The summed E-state index contributed by atoms with van der Waals surface area (Å²) in [4.78, 5) is 18.2. The highest BCUT2D eigenvalue weighted by molar-refractivity contribution is 5.92. The van der Waals surface area contributed by atoms with Crippen molar-refractivity contribution in [2.24, 2.45) is 11.8 Å². The minimum Gasteiger partial charge on any atom is -0.504 e. The number of aliphatic hydroxyl groups is 1. The SMILES string of the molecule is CC(C)CN(C(=O)C=Cc1cccc(OC(F)(F)F)c1)C1CC[C@@]2(O)[C@H]3Cc4ccc(O)c5c4[C@@]2(CCN3CC2CC2)C1O5. The van der Waals surface area contributed by atoms with Crippen LogP contribution in [0.5, 0.6) is 17.2 Å². The van der Waals surface area contributed by atoms with E-state index in [1.54, 1.807) is 17.0 Å². The minimum atomic E-state index is -4.81. The van der Waals surface area contributed by atoms with E-state index in [2.05, 4.69) is 9.64 Å². The van der Waals surface area contributed by atoms with Gasteiger partial charge in [-0.05, 0) is 92.3 Å². The van der Waals surface area contributed by atoms with Gasteiger partial charge in [0.15, 0.2) is 11.5 Å². The number of alkyl halides is 3. The van der Waals surface area contributed by atoms with Crippen LogP contribution < -0.4 is 9.47 Å². The maximum atomic E-state index is 13.9. The van der Waals surface area contributed by atoms with Gasteiger partial charge in [0.05, 0.1) is 17.1 Å². The van der Waals surface area contributed by atoms with Crippen LogP contribution in [-0.4, -0.2) is 75.7 Å². The number of phenols is 1. The lowest BCUT2D eigenvalue weighted by Gasteiger charge is -2.65. The van der Waals surface area contributed by atoms with Gasteiger partial charge in [0.1, 0.15) is 11.9 Å². The third-order valence-corrected chi connectivity index (χ3v) is 10.5. The van der Waals surface area contributed by atoms with E-state index >= 15 is 0 Å². The van der Waals surface area contributed by atoms with Crippen LogP contribution in [0, 0.1) is 11.8 Å². The molecule has 2 aromatic carbocycles. The van der Waals surface area contributed by atoms with E-state index in [1.165, 1.54) is 43.2 Å². The summed E-state index contributed by atoms with van der Waals surface area (Å²) >= 11 is 0. The van der Waals surface area contributed by atoms with Crippen molar-refractivity contribution < 1.29 is 37.7 Å². The maximum Gasteiger partial charge on any atom is 0.573 e. The lowest BCUT2D eigenvalue weighted by atomic mass is 9.48. The van der Waals surface area contributed by atoms with Gasteiger partial charge in [-0.2, -0.15) is 0 Å². The van der Waals surface area contributed by atoms with Crippen molar-refractivity contribution in [2.45, 2.75) is 87.9 Å². The number of halogens is 3. The van der Waals surface area contributed by atoms with Crippen LogP contribution in [0.15, 0.2) is 42.5 Å². The fourth-order valence-electron chi connectivity index (χ4n) is 8.64. The van der Waals surface area contributed by atoms with Crippen LogP contribution in [0.1, 0.15) is 62.6 Å². The molecule has 3 aliphatic carbocycles. The molecule has 1 spiro atoms. The molecule has 2 aromatic rings. The van der Waals surface area contributed by atoms with Gasteiger partial charge in [-0.25, -0.2) is 0 Å². The number of nitrogens with zero attached hydrogens (tertiary/aromatic N) is 2. The zero-order valence-corrected chi connectivity index (χ0v) is 25.0. The zero-order chi connectivity index (χ0) is 31.0. The van der Waals surface area contributed by atoms with Crippen molar-refractivity contribution >= 4 is 12.0 Å². The number of carbonyl (C=O) groups excluding carboxylic acids is 1. The smallest absolute Gasteiger partial charge is 0.504 e. The average molecular weight is 613 g/mol. The Morgan fingerprint density at radius 1 is 1.20 bits per heavy atom. The van der Waals surface area contributed by atoms with Gasteiger partial charge in [-0.15, -0.1) is 13.2 Å². The lowest BCUT2D eigenvalue weighted by molar-refractivity contribution is -0.274. The molecule has 5 aliphatic rings. The molecule has 2 N–H and O–H groups in total. The first-order valence-corrected chi connectivity index (χ1v) is 15.7. The second kappa shape index (κ2) is 10.4. The van der Waals surface area contributed by atoms with Crippen LogP contribution in [0.25, 0.3) is 6.08 Å². The molecule has 10 heteroatoms. The Kier molecular flexibility index (Phi) is 6.97.